The quantitative estimate of drug-likeness (QED) is 0.482. The summed E-state index contributed by atoms with van der Waals surface area (Å²) in [5, 5.41) is 5.54. The summed E-state index contributed by atoms with van der Waals surface area (Å²) in [5.74, 6) is -0.895. The second-order valence-corrected chi connectivity index (χ2v) is 7.37. The number of ether oxygens (including phenoxy) is 1. The zero-order chi connectivity index (χ0) is 20.1. The highest BCUT2D eigenvalue weighted by atomic mass is 32.1. The Balaban J connectivity index is 1.60. The molecule has 6 heteroatoms. The number of hydrogen-bond donors (Lipinski definition) is 1. The van der Waals surface area contributed by atoms with Gasteiger partial charge in [-0.1, -0.05) is 48.5 Å². The Bertz CT molecular complexity index is 1130. The molecule has 0 saturated carbocycles. The zero-order valence-electron chi connectivity index (χ0n) is 15.4. The van der Waals surface area contributed by atoms with Crippen LogP contribution in [0.4, 0.5) is 0 Å². The first-order valence-electron chi connectivity index (χ1n) is 9.11. The lowest BCUT2D eigenvalue weighted by Gasteiger charge is -2.18. The molecule has 1 N–H and O–H groups in total. The molecule has 0 fully saturated rings. The molecule has 1 atom stereocenters. The molecule has 0 aliphatic rings. The predicted molar refractivity (Wildman–Crippen MR) is 113 cm³/mol. The van der Waals surface area contributed by atoms with Gasteiger partial charge in [0.2, 0.25) is 6.10 Å². The molecule has 0 saturated heterocycles. The molecule has 0 spiro atoms. The Morgan fingerprint density at radius 2 is 1.86 bits per heavy atom. The largest absolute Gasteiger partial charge is 0.443 e. The van der Waals surface area contributed by atoms with Crippen molar-refractivity contribution in [2.24, 2.45) is 0 Å². The monoisotopic (exact) mass is 402 g/mol. The van der Waals surface area contributed by atoms with E-state index in [1.807, 2.05) is 54.6 Å². The molecule has 2 heterocycles. The SMILES string of the molecule is O=C(O[C@H](C(=O)NCc1ccccc1)c1ccc2ncccc2c1)c1cccs1. The molecular formula is C23H18N2O3S. The Labute approximate surface area is 172 Å². The van der Waals surface area contributed by atoms with Crippen molar-refractivity contribution < 1.29 is 14.3 Å². The number of esters is 1. The van der Waals surface area contributed by atoms with Gasteiger partial charge in [0.15, 0.2) is 0 Å². The van der Waals surface area contributed by atoms with Crippen LogP contribution < -0.4 is 5.32 Å². The number of benzene rings is 2. The number of amides is 1. The van der Waals surface area contributed by atoms with Crippen LogP contribution in [0, 0.1) is 0 Å². The van der Waals surface area contributed by atoms with Crippen LogP contribution in [0.25, 0.3) is 10.9 Å². The Kier molecular flexibility index (Phi) is 5.63. The highest BCUT2D eigenvalue weighted by Gasteiger charge is 2.26. The average molecular weight is 402 g/mol. The highest BCUT2D eigenvalue weighted by molar-refractivity contribution is 7.11. The molecule has 29 heavy (non-hydrogen) atoms. The maximum Gasteiger partial charge on any atom is 0.349 e. The van der Waals surface area contributed by atoms with Gasteiger partial charge in [-0.25, -0.2) is 4.79 Å². The van der Waals surface area contributed by atoms with Gasteiger partial charge in [0.1, 0.15) is 4.88 Å². The number of aromatic nitrogens is 1. The first-order valence-corrected chi connectivity index (χ1v) is 9.99. The third-order valence-electron chi connectivity index (χ3n) is 4.42. The molecule has 0 aliphatic carbocycles. The molecule has 1 amide bonds. The van der Waals surface area contributed by atoms with E-state index in [1.165, 1.54) is 11.3 Å². The summed E-state index contributed by atoms with van der Waals surface area (Å²) in [4.78, 5) is 30.2. The number of fused-ring (bicyclic) bond motifs is 1. The third kappa shape index (κ3) is 4.50. The average Bonchev–Trinajstić information content (AvgIpc) is 3.31. The fourth-order valence-corrected chi connectivity index (χ4v) is 3.57. The number of nitrogens with zero attached hydrogens (tertiary/aromatic N) is 1. The van der Waals surface area contributed by atoms with E-state index in [4.69, 9.17) is 4.74 Å². The summed E-state index contributed by atoms with van der Waals surface area (Å²) in [5.41, 5.74) is 2.37. The Morgan fingerprint density at radius 1 is 1.00 bits per heavy atom. The second kappa shape index (κ2) is 8.67. The van der Waals surface area contributed by atoms with Crippen molar-refractivity contribution in [1.29, 1.82) is 0 Å². The van der Waals surface area contributed by atoms with Gasteiger partial charge < -0.3 is 10.1 Å². The maximum atomic E-state index is 13.0. The molecule has 0 bridgehead atoms. The minimum absolute atomic E-state index is 0.349. The van der Waals surface area contributed by atoms with E-state index in [1.54, 1.807) is 29.8 Å². The van der Waals surface area contributed by atoms with E-state index >= 15 is 0 Å². The van der Waals surface area contributed by atoms with Crippen LogP contribution in [0.15, 0.2) is 84.4 Å². The first-order chi connectivity index (χ1) is 14.2. The summed E-state index contributed by atoms with van der Waals surface area (Å²) >= 11 is 1.28. The Hall–Kier alpha value is -3.51. The Morgan fingerprint density at radius 3 is 2.66 bits per heavy atom. The molecule has 0 aliphatic heterocycles. The van der Waals surface area contributed by atoms with Crippen LogP contribution in [-0.2, 0) is 16.1 Å². The molecular weight excluding hydrogens is 384 g/mol. The van der Waals surface area contributed by atoms with Gasteiger partial charge in [-0.2, -0.15) is 0 Å². The number of carbonyl (C=O) groups is 2. The van der Waals surface area contributed by atoms with Crippen molar-refractivity contribution in [2.45, 2.75) is 12.6 Å². The second-order valence-electron chi connectivity index (χ2n) is 6.42. The van der Waals surface area contributed by atoms with Gasteiger partial charge in [-0.05, 0) is 35.2 Å². The van der Waals surface area contributed by atoms with E-state index in [2.05, 4.69) is 10.3 Å². The standard InChI is InChI=1S/C23H18N2O3S/c26-22(25-15-16-6-2-1-3-7-16)21(28-23(27)20-9-5-13-29-20)18-10-11-19-17(14-18)8-4-12-24-19/h1-14,21H,15H2,(H,25,26)/t21-/m0/s1. The minimum atomic E-state index is -1.06. The smallest absolute Gasteiger partial charge is 0.349 e. The van der Waals surface area contributed by atoms with Crippen molar-refractivity contribution in [2.75, 3.05) is 0 Å². The lowest BCUT2D eigenvalue weighted by atomic mass is 10.1. The van der Waals surface area contributed by atoms with E-state index in [-0.39, 0.29) is 5.91 Å². The third-order valence-corrected chi connectivity index (χ3v) is 5.27. The molecule has 5 nitrogen and oxygen atoms in total. The molecule has 4 aromatic rings. The topological polar surface area (TPSA) is 68.3 Å². The lowest BCUT2D eigenvalue weighted by Crippen LogP contribution is -2.31. The number of pyridine rings is 1. The van der Waals surface area contributed by atoms with Gasteiger partial charge in [-0.3, -0.25) is 9.78 Å². The van der Waals surface area contributed by atoms with E-state index in [0.717, 1.165) is 16.5 Å². The van der Waals surface area contributed by atoms with Gasteiger partial charge >= 0.3 is 5.97 Å². The van der Waals surface area contributed by atoms with E-state index < -0.39 is 12.1 Å². The van der Waals surface area contributed by atoms with E-state index in [9.17, 15) is 9.59 Å². The summed E-state index contributed by atoms with van der Waals surface area (Å²) in [6.45, 7) is 0.349. The van der Waals surface area contributed by atoms with Crippen molar-refractivity contribution in [1.82, 2.24) is 10.3 Å². The number of carbonyl (C=O) groups excluding carboxylic acids is 2. The van der Waals surface area contributed by atoms with Crippen LogP contribution in [0.1, 0.15) is 26.9 Å². The van der Waals surface area contributed by atoms with Gasteiger partial charge in [0, 0.05) is 23.7 Å². The normalized spacial score (nSPS) is 11.7. The van der Waals surface area contributed by atoms with Crippen LogP contribution in [-0.4, -0.2) is 16.9 Å². The predicted octanol–water partition coefficient (Wildman–Crippen LogP) is 4.51. The minimum Gasteiger partial charge on any atom is -0.443 e. The summed E-state index contributed by atoms with van der Waals surface area (Å²) in [7, 11) is 0. The van der Waals surface area contributed by atoms with Gasteiger partial charge in [0.25, 0.3) is 5.91 Å². The molecule has 2 aromatic heterocycles. The van der Waals surface area contributed by atoms with Crippen molar-refractivity contribution >= 4 is 34.1 Å². The fraction of sp³-hybridized carbons (Fsp3) is 0.0870. The summed E-state index contributed by atoms with van der Waals surface area (Å²) in [6, 6.07) is 22.2. The maximum absolute atomic E-state index is 13.0. The van der Waals surface area contributed by atoms with Crippen molar-refractivity contribution in [3.8, 4) is 0 Å². The fourth-order valence-electron chi connectivity index (χ4n) is 2.97. The zero-order valence-corrected chi connectivity index (χ0v) is 16.3. The highest BCUT2D eigenvalue weighted by Crippen LogP contribution is 2.24. The van der Waals surface area contributed by atoms with Crippen LogP contribution in [0.5, 0.6) is 0 Å². The first kappa shape index (κ1) is 18.8. The van der Waals surface area contributed by atoms with Crippen molar-refractivity contribution in [3.05, 3.63) is 100 Å². The van der Waals surface area contributed by atoms with Gasteiger partial charge in [-0.15, -0.1) is 11.3 Å². The number of hydrogen-bond acceptors (Lipinski definition) is 5. The molecule has 4 rings (SSSR count). The number of nitrogens with one attached hydrogen (secondary N) is 1. The van der Waals surface area contributed by atoms with Crippen LogP contribution >= 0.6 is 11.3 Å². The molecule has 144 valence electrons. The van der Waals surface area contributed by atoms with Crippen LogP contribution in [0.3, 0.4) is 0 Å². The number of rotatable bonds is 6. The van der Waals surface area contributed by atoms with Crippen molar-refractivity contribution in [3.63, 3.8) is 0 Å². The molecule has 0 unspecified atom stereocenters. The summed E-state index contributed by atoms with van der Waals surface area (Å²) in [6.07, 6.45) is 0.654. The number of thiophene rings is 1. The van der Waals surface area contributed by atoms with Crippen LogP contribution in [0.2, 0.25) is 0 Å². The molecule has 2 aromatic carbocycles. The lowest BCUT2D eigenvalue weighted by molar-refractivity contribution is -0.130. The molecule has 0 radical (unpaired) electrons. The van der Waals surface area contributed by atoms with Gasteiger partial charge in [0.05, 0.1) is 5.52 Å². The van der Waals surface area contributed by atoms with E-state index in [0.29, 0.717) is 17.0 Å². The summed E-state index contributed by atoms with van der Waals surface area (Å²) < 4.78 is 5.62.